The number of ether oxygens (including phenoxy) is 1. The Bertz CT molecular complexity index is 912. The predicted molar refractivity (Wildman–Crippen MR) is 96.4 cm³/mol. The molecule has 0 aromatic carbocycles. The number of pyridine rings is 1. The van der Waals surface area contributed by atoms with E-state index in [0.29, 0.717) is 18.3 Å². The highest BCUT2D eigenvalue weighted by Gasteiger charge is 2.23. The molecule has 3 aromatic rings. The SMILES string of the molecule is COc1nccc2c1c(-c1csc(CC#N)c1)cn2C1CCCC1. The van der Waals surface area contributed by atoms with Gasteiger partial charge < -0.3 is 9.30 Å². The lowest BCUT2D eigenvalue weighted by Crippen LogP contribution is -2.02. The standard InChI is InChI=1S/C19H19N3OS/c1-23-19-18-16(13-10-15(6-8-20)24-12-13)11-22(14-4-2-3-5-14)17(18)7-9-21-19/h7,9-12,14H,2-6H2,1H3. The van der Waals surface area contributed by atoms with Gasteiger partial charge in [0.1, 0.15) is 0 Å². The lowest BCUT2D eigenvalue weighted by Gasteiger charge is -2.13. The molecule has 4 nitrogen and oxygen atoms in total. The maximum atomic E-state index is 8.92. The molecule has 1 aliphatic carbocycles. The minimum Gasteiger partial charge on any atom is -0.480 e. The third-order valence-corrected chi connectivity index (χ3v) is 5.78. The van der Waals surface area contributed by atoms with Crippen molar-refractivity contribution in [1.29, 1.82) is 5.26 Å². The highest BCUT2D eigenvalue weighted by Crippen LogP contribution is 2.41. The van der Waals surface area contributed by atoms with Crippen LogP contribution < -0.4 is 4.74 Å². The highest BCUT2D eigenvalue weighted by atomic mass is 32.1. The molecule has 1 fully saturated rings. The summed E-state index contributed by atoms with van der Waals surface area (Å²) in [6.45, 7) is 0. The lowest BCUT2D eigenvalue weighted by atomic mass is 10.1. The summed E-state index contributed by atoms with van der Waals surface area (Å²) in [5, 5.41) is 12.1. The zero-order chi connectivity index (χ0) is 16.5. The van der Waals surface area contributed by atoms with Gasteiger partial charge in [-0.25, -0.2) is 4.98 Å². The number of nitrogens with zero attached hydrogens (tertiary/aromatic N) is 3. The molecular weight excluding hydrogens is 318 g/mol. The molecule has 122 valence electrons. The summed E-state index contributed by atoms with van der Waals surface area (Å²) in [6.07, 6.45) is 9.60. The van der Waals surface area contributed by atoms with Crippen molar-refractivity contribution in [2.75, 3.05) is 7.11 Å². The van der Waals surface area contributed by atoms with Gasteiger partial charge in [0.25, 0.3) is 0 Å². The molecule has 1 aliphatic rings. The van der Waals surface area contributed by atoms with E-state index in [4.69, 9.17) is 10.00 Å². The second-order valence-electron chi connectivity index (χ2n) is 6.24. The first-order chi connectivity index (χ1) is 11.8. The first-order valence-electron chi connectivity index (χ1n) is 8.30. The molecule has 4 rings (SSSR count). The van der Waals surface area contributed by atoms with Gasteiger partial charge in [-0.2, -0.15) is 5.26 Å². The number of fused-ring (bicyclic) bond motifs is 1. The van der Waals surface area contributed by atoms with E-state index in [1.165, 1.54) is 31.2 Å². The number of rotatable bonds is 4. The van der Waals surface area contributed by atoms with Gasteiger partial charge in [0.2, 0.25) is 5.88 Å². The Morgan fingerprint density at radius 3 is 3.00 bits per heavy atom. The zero-order valence-corrected chi connectivity index (χ0v) is 14.5. The maximum Gasteiger partial charge on any atom is 0.223 e. The molecule has 0 amide bonds. The van der Waals surface area contributed by atoms with Crippen LogP contribution in [0.25, 0.3) is 22.0 Å². The number of hydrogen-bond donors (Lipinski definition) is 0. The van der Waals surface area contributed by atoms with Crippen molar-refractivity contribution in [3.8, 4) is 23.1 Å². The van der Waals surface area contributed by atoms with Crippen LogP contribution in [0.1, 0.15) is 36.6 Å². The van der Waals surface area contributed by atoms with E-state index in [9.17, 15) is 0 Å². The molecule has 0 spiro atoms. The van der Waals surface area contributed by atoms with Crippen molar-refractivity contribution in [3.05, 3.63) is 34.8 Å². The van der Waals surface area contributed by atoms with Crippen molar-refractivity contribution in [2.45, 2.75) is 38.1 Å². The Morgan fingerprint density at radius 1 is 1.42 bits per heavy atom. The second kappa shape index (κ2) is 6.29. The largest absolute Gasteiger partial charge is 0.480 e. The van der Waals surface area contributed by atoms with Crippen molar-refractivity contribution >= 4 is 22.2 Å². The van der Waals surface area contributed by atoms with E-state index in [-0.39, 0.29) is 0 Å². The van der Waals surface area contributed by atoms with Crippen LogP contribution in [0.2, 0.25) is 0 Å². The van der Waals surface area contributed by atoms with Crippen LogP contribution in [0.5, 0.6) is 5.88 Å². The third kappa shape index (κ3) is 2.47. The lowest BCUT2D eigenvalue weighted by molar-refractivity contribution is 0.403. The third-order valence-electron chi connectivity index (χ3n) is 4.84. The number of nitriles is 1. The summed E-state index contributed by atoms with van der Waals surface area (Å²) in [6, 6.07) is 6.99. The van der Waals surface area contributed by atoms with Crippen LogP contribution in [0.4, 0.5) is 0 Å². The van der Waals surface area contributed by atoms with Gasteiger partial charge in [-0.1, -0.05) is 12.8 Å². The van der Waals surface area contributed by atoms with Gasteiger partial charge in [0.05, 0.1) is 30.5 Å². The highest BCUT2D eigenvalue weighted by molar-refractivity contribution is 7.10. The molecule has 0 aliphatic heterocycles. The maximum absolute atomic E-state index is 8.92. The number of thiophene rings is 1. The van der Waals surface area contributed by atoms with Gasteiger partial charge in [0.15, 0.2) is 0 Å². The van der Waals surface area contributed by atoms with Crippen molar-refractivity contribution in [1.82, 2.24) is 9.55 Å². The predicted octanol–water partition coefficient (Wildman–Crippen LogP) is 4.95. The molecule has 5 heteroatoms. The van der Waals surface area contributed by atoms with Crippen LogP contribution >= 0.6 is 11.3 Å². The summed E-state index contributed by atoms with van der Waals surface area (Å²) in [7, 11) is 1.67. The molecule has 0 atom stereocenters. The van der Waals surface area contributed by atoms with E-state index < -0.39 is 0 Å². The molecule has 0 bridgehead atoms. The van der Waals surface area contributed by atoms with E-state index in [1.54, 1.807) is 18.4 Å². The summed E-state index contributed by atoms with van der Waals surface area (Å²) < 4.78 is 7.95. The minimum atomic E-state index is 0.460. The summed E-state index contributed by atoms with van der Waals surface area (Å²) >= 11 is 1.64. The average Bonchev–Trinajstić information content (AvgIpc) is 3.33. The van der Waals surface area contributed by atoms with Crippen molar-refractivity contribution in [3.63, 3.8) is 0 Å². The second-order valence-corrected chi connectivity index (χ2v) is 7.24. The summed E-state index contributed by atoms with van der Waals surface area (Å²) in [5.41, 5.74) is 3.50. The normalized spacial score (nSPS) is 15.0. The quantitative estimate of drug-likeness (QED) is 0.676. The van der Waals surface area contributed by atoms with Gasteiger partial charge >= 0.3 is 0 Å². The first-order valence-corrected chi connectivity index (χ1v) is 9.18. The molecular formula is C19H19N3OS. The molecule has 0 saturated heterocycles. The molecule has 3 heterocycles. The number of aromatic nitrogens is 2. The minimum absolute atomic E-state index is 0.460. The van der Waals surface area contributed by atoms with E-state index >= 15 is 0 Å². The summed E-state index contributed by atoms with van der Waals surface area (Å²) in [5.74, 6) is 0.673. The molecule has 0 unspecified atom stereocenters. The Balaban J connectivity index is 1.91. The van der Waals surface area contributed by atoms with Crippen LogP contribution in [-0.4, -0.2) is 16.7 Å². The Hall–Kier alpha value is -2.32. The van der Waals surface area contributed by atoms with E-state index in [0.717, 1.165) is 21.4 Å². The first kappa shape index (κ1) is 15.2. The van der Waals surface area contributed by atoms with Crippen LogP contribution in [0.3, 0.4) is 0 Å². The molecule has 0 N–H and O–H groups in total. The Labute approximate surface area is 145 Å². The fraction of sp³-hybridized carbons (Fsp3) is 0.368. The van der Waals surface area contributed by atoms with Crippen molar-refractivity contribution < 1.29 is 4.74 Å². The molecule has 0 radical (unpaired) electrons. The van der Waals surface area contributed by atoms with Crippen LogP contribution in [0, 0.1) is 11.3 Å². The van der Waals surface area contributed by atoms with Gasteiger partial charge in [-0.15, -0.1) is 11.3 Å². The topological polar surface area (TPSA) is 50.8 Å². The molecule has 24 heavy (non-hydrogen) atoms. The van der Waals surface area contributed by atoms with Gasteiger partial charge in [-0.05, 0) is 35.9 Å². The van der Waals surface area contributed by atoms with Crippen LogP contribution in [0.15, 0.2) is 29.9 Å². The molecule has 3 aromatic heterocycles. The zero-order valence-electron chi connectivity index (χ0n) is 13.7. The Morgan fingerprint density at radius 2 is 2.25 bits per heavy atom. The molecule has 1 saturated carbocycles. The number of methoxy groups -OCH3 is 1. The fourth-order valence-electron chi connectivity index (χ4n) is 3.73. The number of hydrogen-bond acceptors (Lipinski definition) is 4. The fourth-order valence-corrected chi connectivity index (χ4v) is 4.54. The average molecular weight is 337 g/mol. The van der Waals surface area contributed by atoms with E-state index in [2.05, 4.69) is 39.3 Å². The van der Waals surface area contributed by atoms with Crippen molar-refractivity contribution in [2.24, 2.45) is 0 Å². The smallest absolute Gasteiger partial charge is 0.223 e. The van der Waals surface area contributed by atoms with Crippen LogP contribution in [-0.2, 0) is 6.42 Å². The summed E-state index contributed by atoms with van der Waals surface area (Å²) in [4.78, 5) is 5.50. The van der Waals surface area contributed by atoms with E-state index in [1.807, 2.05) is 6.20 Å². The van der Waals surface area contributed by atoms with Gasteiger partial charge in [0, 0.05) is 28.9 Å². The van der Waals surface area contributed by atoms with Gasteiger partial charge in [-0.3, -0.25) is 0 Å². The Kier molecular flexibility index (Phi) is 3.99. The monoisotopic (exact) mass is 337 g/mol.